The molecule has 3 amide bonds. The van der Waals surface area contributed by atoms with Gasteiger partial charge < -0.3 is 25.0 Å². The van der Waals surface area contributed by atoms with Crippen LogP contribution < -0.4 is 20.3 Å². The SMILES string of the molecule is COc1cc(C(=O)N(C)c2ccccc2C2=NC(C)(C)CO2)ccc1NC(=O)c1cccc([N+](=O)[O-])c1NC(=O)C(F)(F)F. The number of nitrogens with zero attached hydrogens (tertiary/aromatic N) is 3. The van der Waals surface area contributed by atoms with Gasteiger partial charge in [0.05, 0.1) is 40.1 Å². The van der Waals surface area contributed by atoms with Gasteiger partial charge in [0, 0.05) is 18.7 Å². The van der Waals surface area contributed by atoms with E-state index in [1.54, 1.807) is 31.3 Å². The normalized spacial score (nSPS) is 13.8. The van der Waals surface area contributed by atoms with Crippen LogP contribution in [0.25, 0.3) is 0 Å². The monoisotopic (exact) mass is 613 g/mol. The van der Waals surface area contributed by atoms with Crippen LogP contribution in [0, 0.1) is 10.1 Å². The fourth-order valence-corrected chi connectivity index (χ4v) is 4.29. The Kier molecular flexibility index (Phi) is 8.60. The number of amides is 3. The zero-order valence-corrected chi connectivity index (χ0v) is 23.8. The molecule has 15 heteroatoms. The number of nitro benzene ring substituents is 1. The molecule has 3 aromatic carbocycles. The zero-order chi connectivity index (χ0) is 32.4. The van der Waals surface area contributed by atoms with Crippen molar-refractivity contribution in [3.63, 3.8) is 0 Å². The Bertz CT molecular complexity index is 1690. The van der Waals surface area contributed by atoms with E-state index in [0.717, 1.165) is 18.2 Å². The van der Waals surface area contributed by atoms with Gasteiger partial charge in [0.15, 0.2) is 0 Å². The summed E-state index contributed by atoms with van der Waals surface area (Å²) < 4.78 is 49.8. The molecule has 230 valence electrons. The second-order valence-electron chi connectivity index (χ2n) is 10.2. The number of halogens is 3. The lowest BCUT2D eigenvalue weighted by atomic mass is 10.1. The van der Waals surface area contributed by atoms with Crippen molar-refractivity contribution >= 4 is 46.4 Å². The summed E-state index contributed by atoms with van der Waals surface area (Å²) in [6.07, 6.45) is -5.37. The number of benzene rings is 3. The Morgan fingerprint density at radius 3 is 2.39 bits per heavy atom. The number of carbonyl (C=O) groups excluding carboxylic acids is 3. The molecule has 2 N–H and O–H groups in total. The lowest BCUT2D eigenvalue weighted by molar-refractivity contribution is -0.384. The minimum atomic E-state index is -5.37. The maximum Gasteiger partial charge on any atom is 0.471 e. The first-order chi connectivity index (χ1) is 20.6. The van der Waals surface area contributed by atoms with E-state index in [4.69, 9.17) is 9.47 Å². The Balaban J connectivity index is 1.62. The number of nitrogens with one attached hydrogen (secondary N) is 2. The number of alkyl halides is 3. The predicted molar refractivity (Wildman–Crippen MR) is 154 cm³/mol. The summed E-state index contributed by atoms with van der Waals surface area (Å²) >= 11 is 0. The molecule has 0 fully saturated rings. The van der Waals surface area contributed by atoms with E-state index >= 15 is 0 Å². The van der Waals surface area contributed by atoms with Crippen LogP contribution in [0.3, 0.4) is 0 Å². The zero-order valence-electron chi connectivity index (χ0n) is 23.8. The summed E-state index contributed by atoms with van der Waals surface area (Å²) in [7, 11) is 2.82. The Hall–Kier alpha value is -5.47. The quantitative estimate of drug-likeness (QED) is 0.262. The minimum absolute atomic E-state index is 0.00226. The average Bonchev–Trinajstić information content (AvgIpc) is 3.35. The summed E-state index contributed by atoms with van der Waals surface area (Å²) in [5.74, 6) is -3.64. The minimum Gasteiger partial charge on any atom is -0.495 e. The highest BCUT2D eigenvalue weighted by Gasteiger charge is 2.40. The highest BCUT2D eigenvalue weighted by atomic mass is 19.4. The molecule has 0 radical (unpaired) electrons. The summed E-state index contributed by atoms with van der Waals surface area (Å²) in [5, 5.41) is 15.3. The molecule has 0 aromatic heterocycles. The Morgan fingerprint density at radius 1 is 1.07 bits per heavy atom. The van der Waals surface area contributed by atoms with E-state index in [9.17, 15) is 37.7 Å². The number of rotatable bonds is 8. The molecule has 1 aliphatic heterocycles. The summed E-state index contributed by atoms with van der Waals surface area (Å²) in [6, 6.07) is 14.0. The molecule has 44 heavy (non-hydrogen) atoms. The lowest BCUT2D eigenvalue weighted by Crippen LogP contribution is -2.31. The van der Waals surface area contributed by atoms with Crippen molar-refractivity contribution in [1.29, 1.82) is 0 Å². The third-order valence-corrected chi connectivity index (χ3v) is 6.44. The number of nitro groups is 1. The summed E-state index contributed by atoms with van der Waals surface area (Å²) in [6.45, 7) is 4.22. The topological polar surface area (TPSA) is 152 Å². The molecule has 0 saturated carbocycles. The van der Waals surface area contributed by atoms with Gasteiger partial charge in [-0.2, -0.15) is 13.2 Å². The first-order valence-corrected chi connectivity index (χ1v) is 12.9. The second-order valence-corrected chi connectivity index (χ2v) is 10.2. The number of carbonyl (C=O) groups is 3. The van der Waals surface area contributed by atoms with Crippen LogP contribution in [-0.4, -0.2) is 61.0 Å². The van der Waals surface area contributed by atoms with Gasteiger partial charge >= 0.3 is 12.1 Å². The number of hydrogen-bond donors (Lipinski definition) is 2. The number of ether oxygens (including phenoxy) is 2. The molecule has 0 unspecified atom stereocenters. The van der Waals surface area contributed by atoms with Crippen LogP contribution >= 0.6 is 0 Å². The number of para-hydroxylation sites is 2. The van der Waals surface area contributed by atoms with Gasteiger partial charge in [-0.25, -0.2) is 4.99 Å². The van der Waals surface area contributed by atoms with Gasteiger partial charge in [0.2, 0.25) is 5.90 Å². The van der Waals surface area contributed by atoms with Gasteiger partial charge in [-0.05, 0) is 50.2 Å². The van der Waals surface area contributed by atoms with Crippen molar-refractivity contribution in [2.75, 3.05) is 36.3 Å². The molecule has 12 nitrogen and oxygen atoms in total. The molecule has 1 heterocycles. The van der Waals surface area contributed by atoms with E-state index in [2.05, 4.69) is 10.3 Å². The molecule has 3 aromatic rings. The molecule has 0 saturated heterocycles. The van der Waals surface area contributed by atoms with E-state index in [1.165, 1.54) is 35.5 Å². The van der Waals surface area contributed by atoms with Crippen molar-refractivity contribution in [3.8, 4) is 5.75 Å². The Morgan fingerprint density at radius 2 is 1.77 bits per heavy atom. The van der Waals surface area contributed by atoms with E-state index in [0.29, 0.717) is 23.8 Å². The molecule has 4 rings (SSSR count). The smallest absolute Gasteiger partial charge is 0.471 e. The predicted octanol–water partition coefficient (Wildman–Crippen LogP) is 5.19. The van der Waals surface area contributed by atoms with Crippen molar-refractivity contribution in [2.24, 2.45) is 4.99 Å². The first kappa shape index (κ1) is 31.5. The van der Waals surface area contributed by atoms with E-state index < -0.39 is 51.3 Å². The number of methoxy groups -OCH3 is 1. The standard InChI is InChI=1S/C29H26F3N5O7/c1-28(2)15-44-25(35-28)17-8-5-6-10-20(17)36(3)26(39)16-12-13-19(22(14-16)43-4)33-24(38)18-9-7-11-21(37(41)42)23(18)34-27(40)29(30,31)32/h5-14H,15H2,1-4H3,(H,33,38)(H,34,40). The van der Waals surface area contributed by atoms with Gasteiger partial charge in [-0.3, -0.25) is 24.5 Å². The number of aliphatic imine (C=N–C) groups is 1. The maximum atomic E-state index is 13.5. The molecule has 1 aliphatic rings. The first-order valence-electron chi connectivity index (χ1n) is 12.9. The summed E-state index contributed by atoms with van der Waals surface area (Å²) in [5.41, 5.74) is -1.64. The maximum absolute atomic E-state index is 13.5. The second kappa shape index (κ2) is 12.0. The van der Waals surface area contributed by atoms with Crippen LogP contribution in [0.2, 0.25) is 0 Å². The van der Waals surface area contributed by atoms with Crippen LogP contribution in [0.15, 0.2) is 65.7 Å². The van der Waals surface area contributed by atoms with Crippen molar-refractivity contribution < 1.29 is 42.0 Å². The third kappa shape index (κ3) is 6.61. The molecule has 0 aliphatic carbocycles. The molecular weight excluding hydrogens is 587 g/mol. The highest BCUT2D eigenvalue weighted by Crippen LogP contribution is 2.33. The molecule has 0 spiro atoms. The lowest BCUT2D eigenvalue weighted by Gasteiger charge is -2.21. The van der Waals surface area contributed by atoms with Crippen LogP contribution in [0.5, 0.6) is 5.75 Å². The van der Waals surface area contributed by atoms with Gasteiger partial charge in [0.25, 0.3) is 17.5 Å². The Labute approximate surface area is 248 Å². The highest BCUT2D eigenvalue weighted by molar-refractivity contribution is 6.14. The molecule has 0 bridgehead atoms. The number of hydrogen-bond acceptors (Lipinski definition) is 8. The van der Waals surface area contributed by atoms with Gasteiger partial charge in [-0.15, -0.1) is 0 Å². The van der Waals surface area contributed by atoms with Gasteiger partial charge in [0.1, 0.15) is 18.0 Å². The fraction of sp³-hybridized carbons (Fsp3) is 0.241. The van der Waals surface area contributed by atoms with Crippen LogP contribution in [0.1, 0.15) is 40.1 Å². The largest absolute Gasteiger partial charge is 0.495 e. The summed E-state index contributed by atoms with van der Waals surface area (Å²) in [4.78, 5) is 54.6. The van der Waals surface area contributed by atoms with Crippen molar-refractivity contribution in [2.45, 2.75) is 25.6 Å². The molecular formula is C29H26F3N5O7. The average molecular weight is 614 g/mol. The van der Waals surface area contributed by atoms with Crippen LogP contribution in [-0.2, 0) is 9.53 Å². The van der Waals surface area contributed by atoms with E-state index in [-0.39, 0.29) is 17.0 Å². The van der Waals surface area contributed by atoms with Crippen molar-refractivity contribution in [3.05, 3.63) is 87.5 Å². The fourth-order valence-electron chi connectivity index (χ4n) is 4.29. The van der Waals surface area contributed by atoms with Gasteiger partial charge in [-0.1, -0.05) is 18.2 Å². The molecule has 0 atom stereocenters. The van der Waals surface area contributed by atoms with E-state index in [1.807, 2.05) is 13.8 Å². The van der Waals surface area contributed by atoms with Crippen LogP contribution in [0.4, 0.5) is 35.9 Å². The van der Waals surface area contributed by atoms with Crippen molar-refractivity contribution in [1.82, 2.24) is 0 Å². The third-order valence-electron chi connectivity index (χ3n) is 6.44. The number of anilines is 3.